The van der Waals surface area contributed by atoms with Crippen LogP contribution >= 0.6 is 11.3 Å². The molecule has 0 saturated carbocycles. The van der Waals surface area contributed by atoms with Gasteiger partial charge in [-0.25, -0.2) is 0 Å². The molecule has 0 fully saturated rings. The number of aromatic nitrogens is 1. The Bertz CT molecular complexity index is 730. The Kier molecular flexibility index (Phi) is 2.68. The van der Waals surface area contributed by atoms with E-state index < -0.39 is 0 Å². The number of benzene rings is 1. The second kappa shape index (κ2) is 4.35. The van der Waals surface area contributed by atoms with Crippen molar-refractivity contribution in [2.75, 3.05) is 0 Å². The van der Waals surface area contributed by atoms with Crippen molar-refractivity contribution >= 4 is 27.7 Å². The summed E-state index contributed by atoms with van der Waals surface area (Å²) in [5.74, 6) is 0. The normalized spacial score (nSPS) is 10.7. The molecular formula is C15H11NOS. The molecule has 0 atom stereocenters. The third-order valence-electron chi connectivity index (χ3n) is 2.93. The lowest BCUT2D eigenvalue weighted by Gasteiger charge is -2.06. The van der Waals surface area contributed by atoms with E-state index in [-0.39, 0.29) is 0 Å². The van der Waals surface area contributed by atoms with Gasteiger partial charge in [-0.1, -0.05) is 6.07 Å². The predicted octanol–water partition coefficient (Wildman–Crippen LogP) is 4.08. The molecule has 0 aliphatic rings. The molecule has 2 aromatic heterocycles. The van der Waals surface area contributed by atoms with E-state index >= 15 is 0 Å². The molecule has 0 amide bonds. The molecule has 0 N–H and O–H groups in total. The van der Waals surface area contributed by atoms with Crippen LogP contribution in [0.1, 0.15) is 16.1 Å². The quantitative estimate of drug-likeness (QED) is 0.644. The number of pyridine rings is 1. The molecule has 0 spiro atoms. The van der Waals surface area contributed by atoms with Crippen molar-refractivity contribution < 1.29 is 4.79 Å². The largest absolute Gasteiger partial charge is 0.296 e. The van der Waals surface area contributed by atoms with E-state index in [1.165, 1.54) is 10.1 Å². The summed E-state index contributed by atoms with van der Waals surface area (Å²) in [7, 11) is 0. The number of hydrogen-bond donors (Lipinski definition) is 0. The third kappa shape index (κ3) is 1.83. The van der Waals surface area contributed by atoms with Gasteiger partial charge in [-0.15, -0.1) is 11.3 Å². The van der Waals surface area contributed by atoms with Crippen molar-refractivity contribution in [2.45, 2.75) is 6.92 Å². The first-order valence-corrected chi connectivity index (χ1v) is 6.55. The summed E-state index contributed by atoms with van der Waals surface area (Å²) in [4.78, 5) is 15.2. The molecule has 1 aromatic carbocycles. The monoisotopic (exact) mass is 253 g/mol. The zero-order chi connectivity index (χ0) is 12.5. The summed E-state index contributed by atoms with van der Waals surface area (Å²) >= 11 is 1.72. The lowest BCUT2D eigenvalue weighted by molar-refractivity contribution is 0.111. The molecule has 0 bridgehead atoms. The van der Waals surface area contributed by atoms with Crippen LogP contribution in [-0.4, -0.2) is 11.3 Å². The van der Waals surface area contributed by atoms with Gasteiger partial charge < -0.3 is 0 Å². The highest BCUT2D eigenvalue weighted by atomic mass is 32.1. The van der Waals surface area contributed by atoms with Crippen molar-refractivity contribution in [3.63, 3.8) is 0 Å². The molecule has 18 heavy (non-hydrogen) atoms. The summed E-state index contributed by atoms with van der Waals surface area (Å²) in [5.41, 5.74) is 3.49. The van der Waals surface area contributed by atoms with Crippen molar-refractivity contribution in [1.29, 1.82) is 0 Å². The lowest BCUT2D eigenvalue weighted by atomic mass is 10.0. The fraction of sp³-hybridized carbons (Fsp3) is 0.0667. The maximum Gasteiger partial charge on any atom is 0.169 e. The zero-order valence-electron chi connectivity index (χ0n) is 9.88. The highest BCUT2D eigenvalue weighted by Crippen LogP contribution is 2.28. The molecule has 88 valence electrons. The van der Waals surface area contributed by atoms with Gasteiger partial charge in [0.05, 0.1) is 0 Å². The second-order valence-electron chi connectivity index (χ2n) is 4.24. The summed E-state index contributed by atoms with van der Waals surface area (Å²) < 4.78 is 1.26. The van der Waals surface area contributed by atoms with Crippen molar-refractivity contribution in [2.24, 2.45) is 0 Å². The fourth-order valence-corrected chi connectivity index (χ4v) is 2.81. The van der Waals surface area contributed by atoms with Gasteiger partial charge >= 0.3 is 0 Å². The Morgan fingerprint density at radius 1 is 1.22 bits per heavy atom. The van der Waals surface area contributed by atoms with E-state index in [9.17, 15) is 4.79 Å². The molecule has 0 aliphatic heterocycles. The van der Waals surface area contributed by atoms with E-state index in [1.807, 2.05) is 19.1 Å². The highest BCUT2D eigenvalue weighted by molar-refractivity contribution is 7.17. The minimum absolute atomic E-state index is 0.496. The Balaban J connectivity index is 2.24. The zero-order valence-corrected chi connectivity index (χ0v) is 10.7. The van der Waals surface area contributed by atoms with Crippen LogP contribution in [0.2, 0.25) is 0 Å². The van der Waals surface area contributed by atoms with E-state index in [2.05, 4.69) is 28.6 Å². The molecule has 2 nitrogen and oxygen atoms in total. The van der Waals surface area contributed by atoms with Gasteiger partial charge in [0.25, 0.3) is 0 Å². The van der Waals surface area contributed by atoms with Gasteiger partial charge in [-0.05, 0) is 53.1 Å². The molecule has 2 heterocycles. The minimum atomic E-state index is 0.496. The van der Waals surface area contributed by atoms with Crippen LogP contribution in [0.5, 0.6) is 0 Å². The fourth-order valence-electron chi connectivity index (χ4n) is 2.04. The van der Waals surface area contributed by atoms with Crippen LogP contribution in [0.25, 0.3) is 21.2 Å². The van der Waals surface area contributed by atoms with Gasteiger partial charge in [-0.2, -0.15) is 0 Å². The van der Waals surface area contributed by atoms with Gasteiger partial charge in [0.2, 0.25) is 0 Å². The molecule has 0 unspecified atom stereocenters. The number of carbonyl (C=O) groups is 1. The van der Waals surface area contributed by atoms with E-state index in [0.717, 1.165) is 23.0 Å². The first kappa shape index (κ1) is 11.1. The van der Waals surface area contributed by atoms with Crippen LogP contribution < -0.4 is 0 Å². The van der Waals surface area contributed by atoms with E-state index in [0.29, 0.717) is 5.69 Å². The smallest absolute Gasteiger partial charge is 0.169 e. The lowest BCUT2D eigenvalue weighted by Crippen LogP contribution is -1.93. The number of nitrogens with zero attached hydrogens (tertiary/aromatic N) is 1. The third-order valence-corrected chi connectivity index (χ3v) is 3.83. The van der Waals surface area contributed by atoms with Crippen LogP contribution in [0.15, 0.2) is 41.9 Å². The molecule has 0 saturated heterocycles. The summed E-state index contributed by atoms with van der Waals surface area (Å²) in [5, 5.41) is 3.28. The number of fused-ring (bicyclic) bond motifs is 1. The predicted molar refractivity (Wildman–Crippen MR) is 75.2 cm³/mol. The van der Waals surface area contributed by atoms with E-state index in [4.69, 9.17) is 0 Å². The average Bonchev–Trinajstić information content (AvgIpc) is 2.85. The van der Waals surface area contributed by atoms with Crippen LogP contribution in [-0.2, 0) is 0 Å². The Labute approximate surface area is 109 Å². The van der Waals surface area contributed by atoms with Crippen LogP contribution in [0.3, 0.4) is 0 Å². The first-order valence-electron chi connectivity index (χ1n) is 5.67. The van der Waals surface area contributed by atoms with Gasteiger partial charge in [0.15, 0.2) is 6.29 Å². The van der Waals surface area contributed by atoms with Gasteiger partial charge in [-0.3, -0.25) is 9.78 Å². The summed E-state index contributed by atoms with van der Waals surface area (Å²) in [6.07, 6.45) is 2.53. The number of hydrogen-bond acceptors (Lipinski definition) is 3. The first-order chi connectivity index (χ1) is 8.78. The number of thiophene rings is 1. The minimum Gasteiger partial charge on any atom is -0.296 e. The average molecular weight is 253 g/mol. The van der Waals surface area contributed by atoms with Crippen molar-refractivity contribution in [1.82, 2.24) is 4.98 Å². The highest BCUT2D eigenvalue weighted by Gasteiger charge is 2.07. The van der Waals surface area contributed by atoms with Crippen molar-refractivity contribution in [3.8, 4) is 11.1 Å². The standard InChI is InChI=1S/C15H11NOS/c1-10-6-13(14(9-17)16-8-10)11-2-3-15-12(7-11)4-5-18-15/h2-9H,1H3. The number of aldehydes is 1. The van der Waals surface area contributed by atoms with Crippen LogP contribution in [0, 0.1) is 6.92 Å². The molecule has 3 heteroatoms. The Hall–Kier alpha value is -2.00. The molecule has 3 aromatic rings. The summed E-state index contributed by atoms with van der Waals surface area (Å²) in [6.45, 7) is 1.98. The number of carbonyl (C=O) groups excluding carboxylic acids is 1. The number of aryl methyl sites for hydroxylation is 1. The van der Waals surface area contributed by atoms with Crippen molar-refractivity contribution in [3.05, 3.63) is 53.2 Å². The summed E-state index contributed by atoms with van der Waals surface area (Å²) in [6, 6.07) is 10.3. The molecular weight excluding hydrogens is 242 g/mol. The Morgan fingerprint density at radius 2 is 2.11 bits per heavy atom. The molecule has 3 rings (SSSR count). The topological polar surface area (TPSA) is 30.0 Å². The molecule has 0 aliphatic carbocycles. The van der Waals surface area contributed by atoms with Gasteiger partial charge in [0.1, 0.15) is 5.69 Å². The molecule has 0 radical (unpaired) electrons. The van der Waals surface area contributed by atoms with Crippen LogP contribution in [0.4, 0.5) is 0 Å². The number of rotatable bonds is 2. The maximum absolute atomic E-state index is 11.1. The SMILES string of the molecule is Cc1cnc(C=O)c(-c2ccc3sccc3c2)c1. The van der Waals surface area contributed by atoms with Gasteiger partial charge in [0, 0.05) is 16.5 Å². The maximum atomic E-state index is 11.1. The Morgan fingerprint density at radius 3 is 2.94 bits per heavy atom. The second-order valence-corrected chi connectivity index (χ2v) is 5.18. The van der Waals surface area contributed by atoms with E-state index in [1.54, 1.807) is 17.5 Å².